The van der Waals surface area contributed by atoms with Crippen molar-refractivity contribution in [3.63, 3.8) is 0 Å². The van der Waals surface area contributed by atoms with E-state index in [1.165, 1.54) is 31.4 Å². The van der Waals surface area contributed by atoms with Gasteiger partial charge in [0.25, 0.3) is 0 Å². The fraction of sp³-hybridized carbons (Fsp3) is 0.318. The van der Waals surface area contributed by atoms with E-state index < -0.39 is 5.82 Å². The summed E-state index contributed by atoms with van der Waals surface area (Å²) in [6, 6.07) is 9.07. The summed E-state index contributed by atoms with van der Waals surface area (Å²) in [6.07, 6.45) is 1.57. The summed E-state index contributed by atoms with van der Waals surface area (Å²) in [5, 5.41) is 4.36. The molecule has 1 aromatic heterocycles. The van der Waals surface area contributed by atoms with Gasteiger partial charge in [-0.2, -0.15) is 0 Å². The van der Waals surface area contributed by atoms with E-state index in [-0.39, 0.29) is 5.82 Å². The van der Waals surface area contributed by atoms with Crippen LogP contribution in [0.25, 0.3) is 21.9 Å². The highest BCUT2D eigenvalue weighted by atomic mass is 19.1. The SMILES string of the molecule is CCN(CC)CCNc1ncc(-c2cc(F)ccc2OC)c2c(F)cccc12. The number of fused-ring (bicyclic) bond motifs is 1. The first kappa shape index (κ1) is 20.0. The number of nitrogens with zero attached hydrogens (tertiary/aromatic N) is 2. The van der Waals surface area contributed by atoms with Gasteiger partial charge in [-0.3, -0.25) is 0 Å². The van der Waals surface area contributed by atoms with E-state index in [0.29, 0.717) is 40.0 Å². The highest BCUT2D eigenvalue weighted by Crippen LogP contribution is 2.38. The van der Waals surface area contributed by atoms with Gasteiger partial charge in [0.05, 0.1) is 7.11 Å². The summed E-state index contributed by atoms with van der Waals surface area (Å²) < 4.78 is 34.0. The number of methoxy groups -OCH3 is 1. The zero-order valence-electron chi connectivity index (χ0n) is 16.4. The van der Waals surface area contributed by atoms with Crippen LogP contribution in [0.5, 0.6) is 5.75 Å². The van der Waals surface area contributed by atoms with Crippen molar-refractivity contribution in [2.24, 2.45) is 0 Å². The zero-order valence-corrected chi connectivity index (χ0v) is 16.4. The maximum atomic E-state index is 14.8. The second-order valence-electron chi connectivity index (χ2n) is 6.48. The third-order valence-corrected chi connectivity index (χ3v) is 4.93. The number of halogens is 2. The van der Waals surface area contributed by atoms with E-state index in [4.69, 9.17) is 4.74 Å². The van der Waals surface area contributed by atoms with E-state index in [1.54, 1.807) is 12.3 Å². The van der Waals surface area contributed by atoms with Gasteiger partial charge in [-0.25, -0.2) is 13.8 Å². The first-order valence-corrected chi connectivity index (χ1v) is 9.46. The van der Waals surface area contributed by atoms with Gasteiger partial charge >= 0.3 is 0 Å². The number of nitrogens with one attached hydrogen (secondary N) is 1. The minimum atomic E-state index is -0.415. The van der Waals surface area contributed by atoms with Gasteiger partial charge in [-0.1, -0.05) is 26.0 Å². The van der Waals surface area contributed by atoms with Crippen LogP contribution in [0, 0.1) is 11.6 Å². The Bertz CT molecular complexity index is 958. The Hall–Kier alpha value is -2.73. The highest BCUT2D eigenvalue weighted by molar-refractivity contribution is 6.03. The summed E-state index contributed by atoms with van der Waals surface area (Å²) in [5.41, 5.74) is 0.971. The minimum absolute atomic E-state index is 0.381. The van der Waals surface area contributed by atoms with Crippen molar-refractivity contribution in [3.05, 3.63) is 54.2 Å². The number of anilines is 1. The maximum absolute atomic E-state index is 14.8. The van der Waals surface area contributed by atoms with Crippen LogP contribution in [0.4, 0.5) is 14.6 Å². The number of ether oxygens (including phenoxy) is 1. The Balaban J connectivity index is 2.05. The van der Waals surface area contributed by atoms with Crippen molar-refractivity contribution >= 4 is 16.6 Å². The average Bonchev–Trinajstić information content (AvgIpc) is 2.71. The van der Waals surface area contributed by atoms with Crippen molar-refractivity contribution in [1.29, 1.82) is 0 Å². The van der Waals surface area contributed by atoms with Crippen molar-refractivity contribution < 1.29 is 13.5 Å². The molecule has 4 nitrogen and oxygen atoms in total. The van der Waals surface area contributed by atoms with E-state index in [2.05, 4.69) is 29.0 Å². The molecule has 0 saturated carbocycles. The summed E-state index contributed by atoms with van der Waals surface area (Å²) in [4.78, 5) is 6.80. The fourth-order valence-electron chi connectivity index (χ4n) is 3.37. The molecule has 0 bridgehead atoms. The van der Waals surface area contributed by atoms with E-state index >= 15 is 0 Å². The molecule has 0 spiro atoms. The predicted molar refractivity (Wildman–Crippen MR) is 110 cm³/mol. The molecule has 0 fully saturated rings. The summed E-state index contributed by atoms with van der Waals surface area (Å²) >= 11 is 0. The molecule has 0 radical (unpaired) electrons. The Morgan fingerprint density at radius 3 is 2.57 bits per heavy atom. The topological polar surface area (TPSA) is 37.4 Å². The van der Waals surface area contributed by atoms with Gasteiger partial charge in [0.2, 0.25) is 0 Å². The van der Waals surface area contributed by atoms with Gasteiger partial charge in [-0.05, 0) is 37.4 Å². The lowest BCUT2D eigenvalue weighted by molar-refractivity contribution is 0.316. The standard InChI is InChI=1S/C22H25F2N3O/c1-4-27(5-2)12-11-25-22-16-7-6-8-19(24)21(16)18(14-26-22)17-13-15(23)9-10-20(17)28-3/h6-10,13-14H,4-5,11-12H2,1-3H3,(H,25,26). The molecule has 1 heterocycles. The first-order valence-electron chi connectivity index (χ1n) is 9.46. The molecule has 0 unspecified atom stereocenters. The third kappa shape index (κ3) is 4.07. The van der Waals surface area contributed by atoms with Crippen molar-refractivity contribution in [2.45, 2.75) is 13.8 Å². The Labute approximate surface area is 164 Å². The van der Waals surface area contributed by atoms with Gasteiger partial charge in [-0.15, -0.1) is 0 Å². The van der Waals surface area contributed by atoms with Crippen molar-refractivity contribution in [2.75, 3.05) is 38.6 Å². The summed E-state index contributed by atoms with van der Waals surface area (Å²) in [7, 11) is 1.51. The number of aromatic nitrogens is 1. The molecule has 28 heavy (non-hydrogen) atoms. The van der Waals surface area contributed by atoms with E-state index in [9.17, 15) is 8.78 Å². The van der Waals surface area contributed by atoms with Gasteiger partial charge in [0.1, 0.15) is 23.2 Å². The lowest BCUT2D eigenvalue weighted by Gasteiger charge is -2.19. The van der Waals surface area contributed by atoms with Crippen LogP contribution in [0.3, 0.4) is 0 Å². The average molecular weight is 385 g/mol. The fourth-order valence-corrected chi connectivity index (χ4v) is 3.37. The largest absolute Gasteiger partial charge is 0.496 e. The van der Waals surface area contributed by atoms with Crippen LogP contribution in [0.2, 0.25) is 0 Å². The van der Waals surface area contributed by atoms with Gasteiger partial charge in [0.15, 0.2) is 0 Å². The molecule has 3 aromatic rings. The van der Waals surface area contributed by atoms with E-state index in [0.717, 1.165) is 19.6 Å². The molecule has 0 aliphatic heterocycles. The predicted octanol–water partition coefficient (Wildman–Crippen LogP) is 4.94. The van der Waals surface area contributed by atoms with Crippen LogP contribution in [-0.2, 0) is 0 Å². The van der Waals surface area contributed by atoms with Crippen molar-refractivity contribution in [1.82, 2.24) is 9.88 Å². The highest BCUT2D eigenvalue weighted by Gasteiger charge is 2.16. The molecule has 0 aliphatic carbocycles. The number of rotatable bonds is 8. The summed E-state index contributed by atoms with van der Waals surface area (Å²) in [5.74, 6) is 0.283. The van der Waals surface area contributed by atoms with Crippen LogP contribution in [-0.4, -0.2) is 43.2 Å². The molecular formula is C22H25F2N3O. The number of hydrogen-bond acceptors (Lipinski definition) is 4. The molecule has 6 heteroatoms. The first-order chi connectivity index (χ1) is 13.6. The Morgan fingerprint density at radius 1 is 1.07 bits per heavy atom. The molecule has 148 valence electrons. The zero-order chi connectivity index (χ0) is 20.1. The molecule has 0 aliphatic rings. The number of pyridine rings is 1. The number of hydrogen-bond donors (Lipinski definition) is 1. The molecule has 0 atom stereocenters. The molecule has 3 rings (SSSR count). The van der Waals surface area contributed by atoms with Crippen molar-refractivity contribution in [3.8, 4) is 16.9 Å². The van der Waals surface area contributed by atoms with Crippen LogP contribution in [0.1, 0.15) is 13.8 Å². The lowest BCUT2D eigenvalue weighted by atomic mass is 9.99. The normalized spacial score (nSPS) is 11.2. The number of likely N-dealkylation sites (N-methyl/N-ethyl adjacent to an activating group) is 1. The maximum Gasteiger partial charge on any atom is 0.134 e. The Morgan fingerprint density at radius 2 is 1.86 bits per heavy atom. The van der Waals surface area contributed by atoms with Crippen LogP contribution < -0.4 is 10.1 Å². The molecule has 0 amide bonds. The van der Waals surface area contributed by atoms with Gasteiger partial charge in [0, 0.05) is 41.2 Å². The second kappa shape index (κ2) is 8.97. The van der Waals surface area contributed by atoms with Crippen LogP contribution >= 0.6 is 0 Å². The third-order valence-electron chi connectivity index (χ3n) is 4.93. The molecule has 1 N–H and O–H groups in total. The monoisotopic (exact) mass is 385 g/mol. The van der Waals surface area contributed by atoms with Gasteiger partial charge < -0.3 is 15.0 Å². The van der Waals surface area contributed by atoms with E-state index in [1.807, 2.05) is 6.07 Å². The lowest BCUT2D eigenvalue weighted by Crippen LogP contribution is -2.28. The minimum Gasteiger partial charge on any atom is -0.496 e. The second-order valence-corrected chi connectivity index (χ2v) is 6.48. The molecular weight excluding hydrogens is 360 g/mol. The molecule has 2 aromatic carbocycles. The Kier molecular flexibility index (Phi) is 6.41. The smallest absolute Gasteiger partial charge is 0.134 e. The quantitative estimate of drug-likeness (QED) is 0.596. The molecule has 0 saturated heterocycles. The van der Waals surface area contributed by atoms with Crippen LogP contribution in [0.15, 0.2) is 42.6 Å². The number of benzene rings is 2. The summed E-state index contributed by atoms with van der Waals surface area (Å²) in [6.45, 7) is 7.74.